The fraction of sp³-hybridized carbons (Fsp3) is 0.500. The number of hydrogen-bond acceptors (Lipinski definition) is 4. The van der Waals surface area contributed by atoms with E-state index < -0.39 is 11.4 Å². The van der Waals surface area contributed by atoms with E-state index >= 15 is 0 Å². The van der Waals surface area contributed by atoms with E-state index in [4.69, 9.17) is 9.52 Å². The van der Waals surface area contributed by atoms with Crippen LogP contribution in [0.4, 0.5) is 0 Å². The molecule has 72 valence electrons. The summed E-state index contributed by atoms with van der Waals surface area (Å²) in [6.45, 7) is 3.34. The molecule has 1 heterocycles. The summed E-state index contributed by atoms with van der Waals surface area (Å²) in [5.74, 6) is -0.366. The monoisotopic (exact) mass is 201 g/mol. The third-order valence-corrected chi connectivity index (χ3v) is 2.86. The molecule has 0 amide bonds. The van der Waals surface area contributed by atoms with Crippen LogP contribution in [-0.4, -0.2) is 21.8 Å². The number of aliphatic carboxylic acids is 1. The van der Waals surface area contributed by atoms with Gasteiger partial charge in [0.25, 0.3) is 5.22 Å². The standard InChI is InChI=1S/C8H11NO3S/c1-8(2,6(10)11)5-13-7-9-3-4-12-7/h3-4H,5H2,1-2H3,(H,10,11). The van der Waals surface area contributed by atoms with Crippen molar-refractivity contribution in [3.05, 3.63) is 12.5 Å². The molecule has 0 bridgehead atoms. The highest BCUT2D eigenvalue weighted by molar-refractivity contribution is 7.99. The predicted molar refractivity (Wildman–Crippen MR) is 48.6 cm³/mol. The maximum Gasteiger partial charge on any atom is 0.309 e. The molecule has 0 aromatic carbocycles. The van der Waals surface area contributed by atoms with Gasteiger partial charge in [-0.05, 0) is 13.8 Å². The molecule has 13 heavy (non-hydrogen) atoms. The SMILES string of the molecule is CC(C)(CSc1ncco1)C(=O)O. The van der Waals surface area contributed by atoms with Gasteiger partial charge in [0.15, 0.2) is 0 Å². The second kappa shape index (κ2) is 3.83. The van der Waals surface area contributed by atoms with E-state index in [1.165, 1.54) is 24.2 Å². The summed E-state index contributed by atoms with van der Waals surface area (Å²) >= 11 is 1.30. The van der Waals surface area contributed by atoms with Gasteiger partial charge in [0.1, 0.15) is 6.26 Å². The van der Waals surface area contributed by atoms with Crippen LogP contribution in [0, 0.1) is 5.41 Å². The van der Waals surface area contributed by atoms with E-state index in [0.29, 0.717) is 11.0 Å². The smallest absolute Gasteiger partial charge is 0.309 e. The first kappa shape index (κ1) is 10.1. The molecule has 0 aliphatic heterocycles. The molecule has 1 N–H and O–H groups in total. The first-order valence-corrected chi connectivity index (χ1v) is 4.76. The van der Waals surface area contributed by atoms with E-state index in [9.17, 15) is 4.79 Å². The average Bonchev–Trinajstić information content (AvgIpc) is 2.52. The van der Waals surface area contributed by atoms with Gasteiger partial charge in [0, 0.05) is 5.75 Å². The fourth-order valence-electron chi connectivity index (χ4n) is 0.586. The predicted octanol–water partition coefficient (Wildman–Crippen LogP) is 1.88. The molecule has 1 aromatic heterocycles. The minimum absolute atomic E-state index is 0.447. The van der Waals surface area contributed by atoms with Crippen molar-refractivity contribution in [1.29, 1.82) is 0 Å². The van der Waals surface area contributed by atoms with Crippen molar-refractivity contribution in [2.24, 2.45) is 5.41 Å². The Morgan fingerprint density at radius 1 is 1.77 bits per heavy atom. The Labute approximate surface area is 80.3 Å². The highest BCUT2D eigenvalue weighted by atomic mass is 32.2. The summed E-state index contributed by atoms with van der Waals surface area (Å²) in [7, 11) is 0. The second-order valence-corrected chi connectivity index (χ2v) is 4.20. The summed E-state index contributed by atoms with van der Waals surface area (Å²) in [6.07, 6.45) is 3.01. The second-order valence-electron chi connectivity index (χ2n) is 3.28. The first-order chi connectivity index (χ1) is 6.02. The molecule has 0 saturated heterocycles. The molecule has 0 aliphatic carbocycles. The minimum atomic E-state index is -0.813. The number of carboxylic acid groups (broad SMARTS) is 1. The van der Waals surface area contributed by atoms with Crippen LogP contribution in [0.15, 0.2) is 22.1 Å². The van der Waals surface area contributed by atoms with Gasteiger partial charge in [-0.2, -0.15) is 0 Å². The maximum absolute atomic E-state index is 10.7. The number of hydrogen-bond donors (Lipinski definition) is 1. The Kier molecular flexibility index (Phi) is 2.98. The third-order valence-electron chi connectivity index (χ3n) is 1.55. The molecule has 0 spiro atoms. The van der Waals surface area contributed by atoms with Crippen molar-refractivity contribution < 1.29 is 14.3 Å². The molecular weight excluding hydrogens is 190 g/mol. The molecule has 4 nitrogen and oxygen atoms in total. The molecule has 0 unspecified atom stereocenters. The highest BCUT2D eigenvalue weighted by Gasteiger charge is 2.27. The normalized spacial score (nSPS) is 11.5. The summed E-state index contributed by atoms with van der Waals surface area (Å²) in [5, 5.41) is 9.31. The van der Waals surface area contributed by atoms with Crippen LogP contribution in [0.3, 0.4) is 0 Å². The number of oxazole rings is 1. The van der Waals surface area contributed by atoms with Crippen LogP contribution in [0.2, 0.25) is 0 Å². The van der Waals surface area contributed by atoms with E-state index in [-0.39, 0.29) is 0 Å². The van der Waals surface area contributed by atoms with Crippen molar-refractivity contribution in [3.63, 3.8) is 0 Å². The highest BCUT2D eigenvalue weighted by Crippen LogP contribution is 2.26. The van der Waals surface area contributed by atoms with E-state index in [0.717, 1.165) is 0 Å². The molecule has 0 atom stereocenters. The third kappa shape index (κ3) is 2.77. The molecule has 0 saturated carbocycles. The Bertz CT molecular complexity index is 282. The van der Waals surface area contributed by atoms with Crippen LogP contribution < -0.4 is 0 Å². The van der Waals surface area contributed by atoms with Crippen molar-refractivity contribution in [1.82, 2.24) is 4.98 Å². The average molecular weight is 201 g/mol. The molecular formula is C8H11NO3S. The van der Waals surface area contributed by atoms with Crippen molar-refractivity contribution in [2.75, 3.05) is 5.75 Å². The lowest BCUT2D eigenvalue weighted by Gasteiger charge is -2.16. The lowest BCUT2D eigenvalue weighted by atomic mass is 9.97. The zero-order chi connectivity index (χ0) is 9.90. The fourth-order valence-corrected chi connectivity index (χ4v) is 1.45. The largest absolute Gasteiger partial charge is 0.481 e. The maximum atomic E-state index is 10.7. The Balaban J connectivity index is 2.47. The Hall–Kier alpha value is -0.970. The summed E-state index contributed by atoms with van der Waals surface area (Å²) in [4.78, 5) is 14.6. The van der Waals surface area contributed by atoms with Crippen LogP contribution in [0.5, 0.6) is 0 Å². The number of carbonyl (C=O) groups is 1. The van der Waals surface area contributed by atoms with Crippen LogP contribution in [0.1, 0.15) is 13.8 Å². The van der Waals surface area contributed by atoms with Crippen LogP contribution >= 0.6 is 11.8 Å². The molecule has 1 rings (SSSR count). The Morgan fingerprint density at radius 3 is 2.92 bits per heavy atom. The van der Waals surface area contributed by atoms with Gasteiger partial charge in [-0.25, -0.2) is 4.98 Å². The van der Waals surface area contributed by atoms with Gasteiger partial charge in [0.05, 0.1) is 11.6 Å². The number of carboxylic acids is 1. The van der Waals surface area contributed by atoms with Crippen LogP contribution in [0.25, 0.3) is 0 Å². The Morgan fingerprint density at radius 2 is 2.46 bits per heavy atom. The van der Waals surface area contributed by atoms with E-state index in [1.54, 1.807) is 13.8 Å². The van der Waals surface area contributed by atoms with Crippen molar-refractivity contribution in [3.8, 4) is 0 Å². The van der Waals surface area contributed by atoms with Crippen LogP contribution in [-0.2, 0) is 4.79 Å². The van der Waals surface area contributed by atoms with Gasteiger partial charge < -0.3 is 9.52 Å². The zero-order valence-electron chi connectivity index (χ0n) is 7.48. The molecule has 0 aliphatic rings. The molecule has 0 fully saturated rings. The first-order valence-electron chi connectivity index (χ1n) is 3.78. The van der Waals surface area contributed by atoms with E-state index in [1.807, 2.05) is 0 Å². The van der Waals surface area contributed by atoms with Gasteiger partial charge in [-0.15, -0.1) is 0 Å². The van der Waals surface area contributed by atoms with Crippen molar-refractivity contribution >= 4 is 17.7 Å². The van der Waals surface area contributed by atoms with E-state index in [2.05, 4.69) is 4.98 Å². The number of aromatic nitrogens is 1. The number of thioether (sulfide) groups is 1. The number of rotatable bonds is 4. The number of nitrogens with zero attached hydrogens (tertiary/aromatic N) is 1. The summed E-state index contributed by atoms with van der Waals surface area (Å²) < 4.78 is 4.97. The van der Waals surface area contributed by atoms with Gasteiger partial charge >= 0.3 is 5.97 Å². The van der Waals surface area contributed by atoms with Gasteiger partial charge in [0.2, 0.25) is 0 Å². The quantitative estimate of drug-likeness (QED) is 0.753. The minimum Gasteiger partial charge on any atom is -0.481 e. The zero-order valence-corrected chi connectivity index (χ0v) is 8.30. The topological polar surface area (TPSA) is 63.3 Å². The van der Waals surface area contributed by atoms with Gasteiger partial charge in [-0.3, -0.25) is 4.79 Å². The lowest BCUT2D eigenvalue weighted by molar-refractivity contribution is -0.145. The summed E-state index contributed by atoms with van der Waals surface area (Å²) in [5.41, 5.74) is -0.751. The molecule has 5 heteroatoms. The summed E-state index contributed by atoms with van der Waals surface area (Å²) in [6, 6.07) is 0. The lowest BCUT2D eigenvalue weighted by Crippen LogP contribution is -2.26. The van der Waals surface area contributed by atoms with Gasteiger partial charge in [-0.1, -0.05) is 11.8 Å². The molecule has 1 aromatic rings. The van der Waals surface area contributed by atoms with Crippen molar-refractivity contribution in [2.45, 2.75) is 19.1 Å². The molecule has 0 radical (unpaired) electrons.